The van der Waals surface area contributed by atoms with E-state index < -0.39 is 6.09 Å². The Labute approximate surface area is 65.2 Å². The highest BCUT2D eigenvalue weighted by Gasteiger charge is 2.26. The summed E-state index contributed by atoms with van der Waals surface area (Å²) in [6, 6.07) is 0. The van der Waals surface area contributed by atoms with Crippen LogP contribution in [0.2, 0.25) is 0 Å². The van der Waals surface area contributed by atoms with Gasteiger partial charge in [0.25, 0.3) is 0 Å². The van der Waals surface area contributed by atoms with Crippen LogP contribution in [0.4, 0.5) is 4.79 Å². The fraction of sp³-hybridized carbons (Fsp3) is 0.857. The largest absolute Gasteiger partial charge is 0.465 e. The van der Waals surface area contributed by atoms with Crippen LogP contribution in [0.5, 0.6) is 0 Å². The second-order valence-electron chi connectivity index (χ2n) is 3.01. The van der Waals surface area contributed by atoms with Gasteiger partial charge in [0.05, 0.1) is 6.10 Å². The van der Waals surface area contributed by atoms with Crippen molar-refractivity contribution in [2.75, 3.05) is 6.54 Å². The Morgan fingerprint density at radius 3 is 2.64 bits per heavy atom. The maximum absolute atomic E-state index is 9.99. The number of carbonyl (C=O) groups is 1. The Bertz CT molecular complexity index is 143. The molecule has 0 saturated heterocycles. The number of carboxylic acid groups (broad SMARTS) is 1. The van der Waals surface area contributed by atoms with Gasteiger partial charge in [-0.1, -0.05) is 0 Å². The molecule has 11 heavy (non-hydrogen) atoms. The lowest BCUT2D eigenvalue weighted by Crippen LogP contribution is -2.32. The van der Waals surface area contributed by atoms with Gasteiger partial charge < -0.3 is 15.5 Å². The monoisotopic (exact) mass is 159 g/mol. The Morgan fingerprint density at radius 2 is 2.18 bits per heavy atom. The zero-order valence-electron chi connectivity index (χ0n) is 6.29. The standard InChI is InChI=1S/C7H13NO3/c9-6-3-5(4-6)1-2-8-7(10)11/h5-6,8-9H,1-4H2,(H,10,11). The number of aliphatic hydroxyl groups is 1. The van der Waals surface area contributed by atoms with Gasteiger partial charge >= 0.3 is 6.09 Å². The summed E-state index contributed by atoms with van der Waals surface area (Å²) in [7, 11) is 0. The molecule has 0 heterocycles. The van der Waals surface area contributed by atoms with Crippen molar-refractivity contribution in [2.24, 2.45) is 5.92 Å². The molecule has 1 saturated carbocycles. The quantitative estimate of drug-likeness (QED) is 0.558. The van der Waals surface area contributed by atoms with Crippen LogP contribution < -0.4 is 5.32 Å². The molecule has 0 unspecified atom stereocenters. The van der Waals surface area contributed by atoms with Crippen LogP contribution in [-0.4, -0.2) is 29.0 Å². The highest BCUT2D eigenvalue weighted by molar-refractivity contribution is 5.64. The third kappa shape index (κ3) is 2.76. The van der Waals surface area contributed by atoms with E-state index in [1.165, 1.54) is 0 Å². The Kier molecular flexibility index (Phi) is 2.70. The van der Waals surface area contributed by atoms with Gasteiger partial charge in [0, 0.05) is 6.54 Å². The number of hydrogen-bond donors (Lipinski definition) is 3. The first kappa shape index (κ1) is 8.33. The molecule has 1 amide bonds. The molecule has 0 aromatic heterocycles. The highest BCUT2D eigenvalue weighted by atomic mass is 16.4. The zero-order chi connectivity index (χ0) is 8.27. The average Bonchev–Trinajstić information content (AvgIpc) is 1.83. The first-order valence-corrected chi connectivity index (χ1v) is 3.83. The van der Waals surface area contributed by atoms with Crippen molar-refractivity contribution in [1.29, 1.82) is 0 Å². The Hall–Kier alpha value is -0.770. The van der Waals surface area contributed by atoms with Crippen molar-refractivity contribution in [3.05, 3.63) is 0 Å². The summed E-state index contributed by atoms with van der Waals surface area (Å²) < 4.78 is 0. The first-order chi connectivity index (χ1) is 5.18. The lowest BCUT2D eigenvalue weighted by Gasteiger charge is -2.31. The van der Waals surface area contributed by atoms with E-state index in [1.807, 2.05) is 0 Å². The molecule has 1 fully saturated rings. The van der Waals surface area contributed by atoms with Gasteiger partial charge in [0.2, 0.25) is 0 Å². The summed E-state index contributed by atoms with van der Waals surface area (Å²) in [5.74, 6) is 0.525. The van der Waals surface area contributed by atoms with Crippen molar-refractivity contribution in [3.63, 3.8) is 0 Å². The molecule has 0 atom stereocenters. The molecule has 4 heteroatoms. The molecule has 0 aromatic carbocycles. The molecule has 0 spiro atoms. The number of amides is 1. The molecule has 4 nitrogen and oxygen atoms in total. The van der Waals surface area contributed by atoms with Crippen LogP contribution in [0.15, 0.2) is 0 Å². The SMILES string of the molecule is O=C(O)NCCC1CC(O)C1. The third-order valence-electron chi connectivity index (χ3n) is 2.04. The number of aliphatic hydroxyl groups excluding tert-OH is 1. The van der Waals surface area contributed by atoms with E-state index in [4.69, 9.17) is 10.2 Å². The molecule has 0 aliphatic heterocycles. The van der Waals surface area contributed by atoms with Gasteiger partial charge in [-0.05, 0) is 25.2 Å². The minimum Gasteiger partial charge on any atom is -0.465 e. The molecule has 0 bridgehead atoms. The van der Waals surface area contributed by atoms with Gasteiger partial charge in [-0.2, -0.15) is 0 Å². The van der Waals surface area contributed by atoms with Gasteiger partial charge in [0.15, 0.2) is 0 Å². The molecule has 1 rings (SSSR count). The second-order valence-corrected chi connectivity index (χ2v) is 3.01. The minimum absolute atomic E-state index is 0.134. The van der Waals surface area contributed by atoms with Crippen LogP contribution in [0, 0.1) is 5.92 Å². The summed E-state index contributed by atoms with van der Waals surface area (Å²) in [5, 5.41) is 19.4. The molecular formula is C7H13NO3. The zero-order valence-corrected chi connectivity index (χ0v) is 6.29. The molecule has 0 aromatic rings. The van der Waals surface area contributed by atoms with Gasteiger partial charge in [-0.15, -0.1) is 0 Å². The lowest BCUT2D eigenvalue weighted by molar-refractivity contribution is 0.0395. The van der Waals surface area contributed by atoms with Crippen LogP contribution in [0.25, 0.3) is 0 Å². The lowest BCUT2D eigenvalue weighted by atomic mass is 9.80. The number of hydrogen-bond acceptors (Lipinski definition) is 2. The van der Waals surface area contributed by atoms with E-state index in [0.717, 1.165) is 19.3 Å². The second kappa shape index (κ2) is 3.57. The predicted octanol–water partition coefficient (Wildman–Crippen LogP) is 0.415. The Morgan fingerprint density at radius 1 is 1.55 bits per heavy atom. The average molecular weight is 159 g/mol. The van der Waals surface area contributed by atoms with E-state index in [2.05, 4.69) is 5.32 Å². The third-order valence-corrected chi connectivity index (χ3v) is 2.04. The smallest absolute Gasteiger partial charge is 0.404 e. The van der Waals surface area contributed by atoms with Crippen LogP contribution >= 0.6 is 0 Å². The molecule has 3 N–H and O–H groups in total. The van der Waals surface area contributed by atoms with Gasteiger partial charge in [-0.25, -0.2) is 4.79 Å². The number of rotatable bonds is 3. The van der Waals surface area contributed by atoms with E-state index in [1.54, 1.807) is 0 Å². The summed E-state index contributed by atoms with van der Waals surface area (Å²) in [6.45, 7) is 0.507. The molecule has 1 aliphatic carbocycles. The van der Waals surface area contributed by atoms with Crippen molar-refractivity contribution in [3.8, 4) is 0 Å². The summed E-state index contributed by atoms with van der Waals surface area (Å²) >= 11 is 0. The van der Waals surface area contributed by atoms with Crippen molar-refractivity contribution in [1.82, 2.24) is 5.32 Å². The van der Waals surface area contributed by atoms with Crippen LogP contribution in [0.3, 0.4) is 0 Å². The van der Waals surface area contributed by atoms with E-state index in [-0.39, 0.29) is 6.10 Å². The van der Waals surface area contributed by atoms with E-state index in [0.29, 0.717) is 12.5 Å². The first-order valence-electron chi connectivity index (χ1n) is 3.83. The topological polar surface area (TPSA) is 69.6 Å². The van der Waals surface area contributed by atoms with Crippen molar-refractivity contribution in [2.45, 2.75) is 25.4 Å². The minimum atomic E-state index is -0.968. The van der Waals surface area contributed by atoms with E-state index >= 15 is 0 Å². The van der Waals surface area contributed by atoms with Crippen LogP contribution in [-0.2, 0) is 0 Å². The number of nitrogens with one attached hydrogen (secondary N) is 1. The molecule has 64 valence electrons. The Balaban J connectivity index is 1.92. The summed E-state index contributed by atoms with van der Waals surface area (Å²) in [6.07, 6.45) is 1.42. The van der Waals surface area contributed by atoms with E-state index in [9.17, 15) is 4.79 Å². The van der Waals surface area contributed by atoms with Crippen LogP contribution in [0.1, 0.15) is 19.3 Å². The molecular weight excluding hydrogens is 146 g/mol. The molecule has 0 radical (unpaired) electrons. The van der Waals surface area contributed by atoms with Crippen molar-refractivity contribution >= 4 is 6.09 Å². The van der Waals surface area contributed by atoms with Crippen molar-refractivity contribution < 1.29 is 15.0 Å². The predicted molar refractivity (Wildman–Crippen MR) is 39.4 cm³/mol. The molecule has 1 aliphatic rings. The highest BCUT2D eigenvalue weighted by Crippen LogP contribution is 2.29. The maximum atomic E-state index is 9.99. The fourth-order valence-corrected chi connectivity index (χ4v) is 1.32. The van der Waals surface area contributed by atoms with Gasteiger partial charge in [-0.3, -0.25) is 0 Å². The summed E-state index contributed by atoms with van der Waals surface area (Å²) in [5.41, 5.74) is 0. The fourth-order valence-electron chi connectivity index (χ4n) is 1.32. The van der Waals surface area contributed by atoms with Gasteiger partial charge in [0.1, 0.15) is 0 Å². The maximum Gasteiger partial charge on any atom is 0.404 e. The summed E-state index contributed by atoms with van der Waals surface area (Å²) in [4.78, 5) is 9.99. The normalized spacial score (nSPS) is 29.2.